The molecular weight excluding hydrogens is 490 g/mol. The summed E-state index contributed by atoms with van der Waals surface area (Å²) in [5.74, 6) is 1.29. The predicted octanol–water partition coefficient (Wildman–Crippen LogP) is 5.49. The van der Waals surface area contributed by atoms with Crippen molar-refractivity contribution in [2.45, 2.75) is 95.6 Å². The van der Waals surface area contributed by atoms with Crippen molar-refractivity contribution in [3.05, 3.63) is 23.1 Å². The number of carboxylic acid groups (broad SMARTS) is 1. The Morgan fingerprint density at radius 1 is 1.11 bits per heavy atom. The standard InChI is InChI=1S/C27H42ClN7O2/c1-34-24(16-19-8-9-19)22(17-31-34)25-23(28)18-30-26(33-25)32-20-10-12-21(13-11-20)35(27(36)37)15-7-5-3-2-4-6-14-29/h17-21H,2-16,29H2,1H3,(H,36,37)(H,30,32,33)/t20-,21-. The maximum Gasteiger partial charge on any atom is 0.407 e. The van der Waals surface area contributed by atoms with Crippen molar-refractivity contribution < 1.29 is 9.90 Å². The number of nitrogens with two attached hydrogens (primary N) is 1. The number of nitrogens with one attached hydrogen (secondary N) is 1. The Bertz CT molecular complexity index is 1020. The highest BCUT2D eigenvalue weighted by Crippen LogP contribution is 2.37. The van der Waals surface area contributed by atoms with E-state index in [2.05, 4.69) is 15.4 Å². The predicted molar refractivity (Wildman–Crippen MR) is 147 cm³/mol. The Hall–Kier alpha value is -2.39. The molecule has 0 unspecified atom stereocenters. The molecule has 10 heteroatoms. The molecule has 37 heavy (non-hydrogen) atoms. The molecule has 0 saturated heterocycles. The van der Waals surface area contributed by atoms with Gasteiger partial charge in [0, 0.05) is 36.9 Å². The summed E-state index contributed by atoms with van der Waals surface area (Å²) < 4.78 is 1.93. The molecule has 0 aliphatic heterocycles. The summed E-state index contributed by atoms with van der Waals surface area (Å²) >= 11 is 6.52. The van der Waals surface area contributed by atoms with Crippen LogP contribution in [0.4, 0.5) is 10.7 Å². The first-order valence-corrected chi connectivity index (χ1v) is 14.3. The second kappa shape index (κ2) is 13.4. The van der Waals surface area contributed by atoms with E-state index in [0.29, 0.717) is 17.5 Å². The second-order valence-corrected chi connectivity index (χ2v) is 11.1. The van der Waals surface area contributed by atoms with Crippen LogP contribution >= 0.6 is 11.6 Å². The summed E-state index contributed by atoms with van der Waals surface area (Å²) in [6.07, 6.45) is 16.3. The number of rotatable bonds is 14. The van der Waals surface area contributed by atoms with E-state index in [-0.39, 0.29) is 12.1 Å². The number of anilines is 1. The molecule has 2 aliphatic rings. The van der Waals surface area contributed by atoms with Crippen LogP contribution in [0.2, 0.25) is 5.02 Å². The van der Waals surface area contributed by atoms with Gasteiger partial charge < -0.3 is 21.1 Å². The fourth-order valence-corrected chi connectivity index (χ4v) is 5.60. The van der Waals surface area contributed by atoms with Crippen molar-refractivity contribution in [1.29, 1.82) is 0 Å². The monoisotopic (exact) mass is 531 g/mol. The van der Waals surface area contributed by atoms with E-state index in [1.807, 2.05) is 17.9 Å². The highest BCUT2D eigenvalue weighted by atomic mass is 35.5. The van der Waals surface area contributed by atoms with Crippen LogP contribution in [0.3, 0.4) is 0 Å². The summed E-state index contributed by atoms with van der Waals surface area (Å²) in [6, 6.07) is 0.290. The first kappa shape index (κ1) is 27.6. The highest BCUT2D eigenvalue weighted by Gasteiger charge is 2.29. The fraction of sp³-hybridized carbons (Fsp3) is 0.704. The van der Waals surface area contributed by atoms with Crippen molar-refractivity contribution in [3.8, 4) is 11.3 Å². The minimum atomic E-state index is -0.802. The van der Waals surface area contributed by atoms with Gasteiger partial charge in [-0.05, 0) is 70.3 Å². The smallest absolute Gasteiger partial charge is 0.407 e. The van der Waals surface area contributed by atoms with Gasteiger partial charge in [0.15, 0.2) is 0 Å². The lowest BCUT2D eigenvalue weighted by Gasteiger charge is -2.35. The number of amides is 1. The third-order valence-corrected chi connectivity index (χ3v) is 8.09. The van der Waals surface area contributed by atoms with Gasteiger partial charge in [-0.25, -0.2) is 14.8 Å². The molecule has 204 valence electrons. The van der Waals surface area contributed by atoms with Crippen molar-refractivity contribution in [2.75, 3.05) is 18.4 Å². The largest absolute Gasteiger partial charge is 0.465 e. The first-order valence-electron chi connectivity index (χ1n) is 14.0. The van der Waals surface area contributed by atoms with E-state index in [4.69, 9.17) is 22.3 Å². The molecule has 1 amide bonds. The third-order valence-electron chi connectivity index (χ3n) is 7.81. The zero-order valence-corrected chi connectivity index (χ0v) is 22.8. The van der Waals surface area contributed by atoms with Gasteiger partial charge in [0.05, 0.1) is 23.1 Å². The zero-order valence-electron chi connectivity index (χ0n) is 22.0. The first-order chi connectivity index (χ1) is 18.0. The molecule has 0 spiro atoms. The fourth-order valence-electron chi connectivity index (χ4n) is 5.41. The zero-order chi connectivity index (χ0) is 26.2. The average Bonchev–Trinajstić information content (AvgIpc) is 3.64. The Morgan fingerprint density at radius 3 is 2.49 bits per heavy atom. The van der Waals surface area contributed by atoms with Gasteiger partial charge in [-0.3, -0.25) is 4.68 Å². The van der Waals surface area contributed by atoms with E-state index in [9.17, 15) is 9.90 Å². The van der Waals surface area contributed by atoms with Gasteiger partial charge in [-0.15, -0.1) is 0 Å². The molecule has 9 nitrogen and oxygen atoms in total. The van der Waals surface area contributed by atoms with Gasteiger partial charge in [-0.1, -0.05) is 37.3 Å². The summed E-state index contributed by atoms with van der Waals surface area (Å²) in [6.45, 7) is 1.37. The number of halogens is 1. The molecule has 0 atom stereocenters. The van der Waals surface area contributed by atoms with Crippen LogP contribution in [0.1, 0.15) is 82.7 Å². The molecule has 2 fully saturated rings. The van der Waals surface area contributed by atoms with Gasteiger partial charge >= 0.3 is 6.09 Å². The number of hydrogen-bond acceptors (Lipinski definition) is 6. The van der Waals surface area contributed by atoms with E-state index in [1.54, 1.807) is 11.1 Å². The number of nitrogens with zero attached hydrogens (tertiary/aromatic N) is 5. The maximum atomic E-state index is 11.9. The molecule has 4 N–H and O–H groups in total. The molecule has 2 aromatic rings. The summed E-state index contributed by atoms with van der Waals surface area (Å²) in [4.78, 5) is 22.8. The molecular formula is C27H42ClN7O2. The summed E-state index contributed by atoms with van der Waals surface area (Å²) in [5.41, 5.74) is 8.41. The van der Waals surface area contributed by atoms with Crippen LogP contribution in [-0.2, 0) is 13.5 Å². The van der Waals surface area contributed by atoms with Crippen molar-refractivity contribution in [2.24, 2.45) is 18.7 Å². The van der Waals surface area contributed by atoms with Crippen LogP contribution in [-0.4, -0.2) is 61.0 Å². The number of carbonyl (C=O) groups is 1. The van der Waals surface area contributed by atoms with Crippen LogP contribution < -0.4 is 11.1 Å². The van der Waals surface area contributed by atoms with Gasteiger partial charge in [-0.2, -0.15) is 5.10 Å². The molecule has 0 radical (unpaired) electrons. The van der Waals surface area contributed by atoms with Crippen LogP contribution in [0, 0.1) is 5.92 Å². The van der Waals surface area contributed by atoms with Crippen molar-refractivity contribution >= 4 is 23.6 Å². The Morgan fingerprint density at radius 2 is 1.81 bits per heavy atom. The normalized spacial score (nSPS) is 19.6. The minimum Gasteiger partial charge on any atom is -0.465 e. The number of aryl methyl sites for hydroxylation is 1. The highest BCUT2D eigenvalue weighted by molar-refractivity contribution is 6.32. The minimum absolute atomic E-state index is 0.0786. The van der Waals surface area contributed by atoms with E-state index in [0.717, 1.165) is 81.5 Å². The topological polar surface area (TPSA) is 122 Å². The maximum absolute atomic E-state index is 11.9. The third kappa shape index (κ3) is 7.80. The van der Waals surface area contributed by atoms with Crippen LogP contribution in [0.15, 0.2) is 12.4 Å². The lowest BCUT2D eigenvalue weighted by atomic mass is 9.90. The molecule has 2 aromatic heterocycles. The number of aromatic nitrogens is 4. The molecule has 4 rings (SSSR count). The summed E-state index contributed by atoms with van der Waals surface area (Å²) in [7, 11) is 1.97. The second-order valence-electron chi connectivity index (χ2n) is 10.7. The van der Waals surface area contributed by atoms with E-state index in [1.165, 1.54) is 31.4 Å². The lowest BCUT2D eigenvalue weighted by molar-refractivity contribution is 0.108. The van der Waals surface area contributed by atoms with Gasteiger partial charge in [0.1, 0.15) is 0 Å². The van der Waals surface area contributed by atoms with Crippen molar-refractivity contribution in [1.82, 2.24) is 24.6 Å². The average molecular weight is 532 g/mol. The number of hydrogen-bond donors (Lipinski definition) is 3. The molecule has 2 saturated carbocycles. The van der Waals surface area contributed by atoms with E-state index < -0.39 is 6.09 Å². The molecule has 0 aromatic carbocycles. The number of unbranched alkanes of at least 4 members (excludes halogenated alkanes) is 5. The van der Waals surface area contributed by atoms with Crippen LogP contribution in [0.25, 0.3) is 11.3 Å². The Kier molecular flexibility index (Phi) is 10.0. The lowest BCUT2D eigenvalue weighted by Crippen LogP contribution is -2.44. The van der Waals surface area contributed by atoms with Gasteiger partial charge in [0.2, 0.25) is 5.95 Å². The summed E-state index contributed by atoms with van der Waals surface area (Å²) in [5, 5.41) is 18.3. The Balaban J connectivity index is 1.29. The molecule has 2 aliphatic carbocycles. The molecule has 2 heterocycles. The van der Waals surface area contributed by atoms with E-state index >= 15 is 0 Å². The quantitative estimate of drug-likeness (QED) is 0.276. The molecule has 0 bridgehead atoms. The van der Waals surface area contributed by atoms with Gasteiger partial charge in [0.25, 0.3) is 0 Å². The van der Waals surface area contributed by atoms with Crippen molar-refractivity contribution in [3.63, 3.8) is 0 Å². The SMILES string of the molecule is Cn1ncc(-c2nc(N[C@H]3CC[C@H](N(CCCCCCCCN)C(=O)O)CC3)ncc2Cl)c1CC1CC1. The van der Waals surface area contributed by atoms with Crippen LogP contribution in [0.5, 0.6) is 0 Å². The Labute approximate surface area is 225 Å².